The van der Waals surface area contributed by atoms with E-state index in [4.69, 9.17) is 4.74 Å². The lowest BCUT2D eigenvalue weighted by Crippen LogP contribution is -2.22. The summed E-state index contributed by atoms with van der Waals surface area (Å²) in [5, 5.41) is 3.09. The smallest absolute Gasteiger partial charge is 0.338 e. The minimum atomic E-state index is -0.319. The first kappa shape index (κ1) is 17.2. The summed E-state index contributed by atoms with van der Waals surface area (Å²) in [6, 6.07) is 6.95. The van der Waals surface area contributed by atoms with Crippen molar-refractivity contribution in [1.29, 1.82) is 0 Å². The molecule has 0 atom stereocenters. The highest BCUT2D eigenvalue weighted by Gasteiger charge is 2.15. The van der Waals surface area contributed by atoms with E-state index in [1.54, 1.807) is 24.3 Å². The number of aromatic nitrogens is 2. The van der Waals surface area contributed by atoms with Crippen molar-refractivity contribution in [3.8, 4) is 0 Å². The SMILES string of the molecule is CCCCOC(=O)c1ccc(Nc2nc3c(c(=O)[nH]2)CCCC3)cc1. The Kier molecular flexibility index (Phi) is 5.48. The number of nitrogens with zero attached hydrogens (tertiary/aromatic N) is 1. The van der Waals surface area contributed by atoms with Crippen molar-refractivity contribution in [3.63, 3.8) is 0 Å². The number of carbonyl (C=O) groups excluding carboxylic acids is 1. The van der Waals surface area contributed by atoms with E-state index in [1.807, 2.05) is 6.92 Å². The van der Waals surface area contributed by atoms with Crippen LogP contribution < -0.4 is 10.9 Å². The topological polar surface area (TPSA) is 84.1 Å². The number of hydrogen-bond acceptors (Lipinski definition) is 5. The summed E-state index contributed by atoms with van der Waals surface area (Å²) in [7, 11) is 0. The van der Waals surface area contributed by atoms with Crippen molar-refractivity contribution in [2.75, 3.05) is 11.9 Å². The highest BCUT2D eigenvalue weighted by atomic mass is 16.5. The molecule has 2 aromatic rings. The Morgan fingerprint density at radius 3 is 2.76 bits per heavy atom. The fourth-order valence-electron chi connectivity index (χ4n) is 2.88. The van der Waals surface area contributed by atoms with E-state index < -0.39 is 0 Å². The Balaban J connectivity index is 1.68. The molecule has 6 nitrogen and oxygen atoms in total. The lowest BCUT2D eigenvalue weighted by Gasteiger charge is -2.15. The minimum absolute atomic E-state index is 0.0664. The number of aromatic amines is 1. The molecule has 25 heavy (non-hydrogen) atoms. The van der Waals surface area contributed by atoms with Crippen LogP contribution in [0.3, 0.4) is 0 Å². The molecular formula is C19H23N3O3. The molecule has 1 aliphatic carbocycles. The molecule has 0 bridgehead atoms. The summed E-state index contributed by atoms with van der Waals surface area (Å²) in [4.78, 5) is 31.3. The van der Waals surface area contributed by atoms with Crippen LogP contribution in [-0.2, 0) is 17.6 Å². The number of esters is 1. The summed E-state index contributed by atoms with van der Waals surface area (Å²) in [5.74, 6) is 0.115. The van der Waals surface area contributed by atoms with E-state index in [0.29, 0.717) is 18.1 Å². The van der Waals surface area contributed by atoms with Crippen LogP contribution in [0, 0.1) is 0 Å². The average Bonchev–Trinajstić information content (AvgIpc) is 2.62. The third kappa shape index (κ3) is 4.26. The van der Waals surface area contributed by atoms with Gasteiger partial charge in [0.05, 0.1) is 17.9 Å². The van der Waals surface area contributed by atoms with Gasteiger partial charge in [-0.05, 0) is 56.4 Å². The van der Waals surface area contributed by atoms with E-state index in [1.165, 1.54) is 0 Å². The first-order valence-electron chi connectivity index (χ1n) is 8.83. The molecular weight excluding hydrogens is 318 g/mol. The second-order valence-electron chi connectivity index (χ2n) is 6.24. The number of nitrogens with one attached hydrogen (secondary N) is 2. The molecule has 0 unspecified atom stereocenters. The van der Waals surface area contributed by atoms with Gasteiger partial charge in [-0.15, -0.1) is 0 Å². The van der Waals surface area contributed by atoms with Crippen LogP contribution in [0.25, 0.3) is 0 Å². The molecule has 6 heteroatoms. The molecule has 1 aromatic carbocycles. The third-order valence-corrected chi connectivity index (χ3v) is 4.31. The quantitative estimate of drug-likeness (QED) is 0.622. The maximum atomic E-state index is 12.1. The van der Waals surface area contributed by atoms with Gasteiger partial charge in [-0.25, -0.2) is 9.78 Å². The van der Waals surface area contributed by atoms with E-state index in [9.17, 15) is 9.59 Å². The van der Waals surface area contributed by atoms with Gasteiger partial charge >= 0.3 is 5.97 Å². The van der Waals surface area contributed by atoms with Crippen LogP contribution in [0.5, 0.6) is 0 Å². The van der Waals surface area contributed by atoms with Gasteiger partial charge in [0.2, 0.25) is 5.95 Å². The summed E-state index contributed by atoms with van der Waals surface area (Å²) in [6.07, 6.45) is 5.60. The number of hydrogen-bond donors (Lipinski definition) is 2. The van der Waals surface area contributed by atoms with Crippen LogP contribution in [-0.4, -0.2) is 22.5 Å². The molecule has 2 N–H and O–H groups in total. The lowest BCUT2D eigenvalue weighted by molar-refractivity contribution is 0.0500. The highest BCUT2D eigenvalue weighted by molar-refractivity contribution is 5.89. The third-order valence-electron chi connectivity index (χ3n) is 4.31. The van der Waals surface area contributed by atoms with Crippen LogP contribution in [0.1, 0.15) is 54.2 Å². The van der Waals surface area contributed by atoms with Crippen LogP contribution in [0.15, 0.2) is 29.1 Å². The fraction of sp³-hybridized carbons (Fsp3) is 0.421. The Bertz CT molecular complexity index is 797. The molecule has 0 aliphatic heterocycles. The normalized spacial score (nSPS) is 13.2. The Labute approximate surface area is 146 Å². The Hall–Kier alpha value is -2.63. The van der Waals surface area contributed by atoms with Gasteiger partial charge < -0.3 is 10.1 Å². The largest absolute Gasteiger partial charge is 0.462 e. The number of carbonyl (C=O) groups is 1. The van der Waals surface area contributed by atoms with Crippen molar-refractivity contribution < 1.29 is 9.53 Å². The lowest BCUT2D eigenvalue weighted by atomic mass is 9.97. The van der Waals surface area contributed by atoms with E-state index in [-0.39, 0.29) is 11.5 Å². The van der Waals surface area contributed by atoms with Crippen molar-refractivity contribution >= 4 is 17.6 Å². The van der Waals surface area contributed by atoms with E-state index in [2.05, 4.69) is 15.3 Å². The summed E-state index contributed by atoms with van der Waals surface area (Å²) in [6.45, 7) is 2.49. The fourth-order valence-corrected chi connectivity index (χ4v) is 2.88. The molecule has 0 saturated heterocycles. The van der Waals surface area contributed by atoms with E-state index >= 15 is 0 Å². The molecule has 1 aliphatic rings. The van der Waals surface area contributed by atoms with Crippen molar-refractivity contribution in [1.82, 2.24) is 9.97 Å². The van der Waals surface area contributed by atoms with Crippen LogP contribution in [0.2, 0.25) is 0 Å². The first-order valence-corrected chi connectivity index (χ1v) is 8.83. The number of anilines is 2. The van der Waals surface area contributed by atoms with Gasteiger partial charge in [0.1, 0.15) is 0 Å². The van der Waals surface area contributed by atoms with Gasteiger partial charge in [0.15, 0.2) is 0 Å². The van der Waals surface area contributed by atoms with Gasteiger partial charge in [0.25, 0.3) is 5.56 Å². The maximum Gasteiger partial charge on any atom is 0.338 e. The Morgan fingerprint density at radius 2 is 2.00 bits per heavy atom. The predicted octanol–water partition coefficient (Wildman–Crippen LogP) is 3.35. The zero-order valence-electron chi connectivity index (χ0n) is 14.4. The summed E-state index contributed by atoms with van der Waals surface area (Å²) in [5.41, 5.74) is 2.89. The molecule has 132 valence electrons. The molecule has 0 amide bonds. The maximum absolute atomic E-state index is 12.1. The number of aryl methyl sites for hydroxylation is 1. The summed E-state index contributed by atoms with van der Waals surface area (Å²) >= 11 is 0. The van der Waals surface area contributed by atoms with Crippen molar-refractivity contribution in [2.24, 2.45) is 0 Å². The van der Waals surface area contributed by atoms with Crippen molar-refractivity contribution in [2.45, 2.75) is 45.4 Å². The minimum Gasteiger partial charge on any atom is -0.462 e. The van der Waals surface area contributed by atoms with Crippen LogP contribution in [0.4, 0.5) is 11.6 Å². The zero-order valence-corrected chi connectivity index (χ0v) is 14.4. The molecule has 0 radical (unpaired) electrons. The van der Waals surface area contributed by atoms with Gasteiger partial charge in [-0.3, -0.25) is 9.78 Å². The second kappa shape index (κ2) is 7.96. The molecule has 1 heterocycles. The Morgan fingerprint density at radius 1 is 1.24 bits per heavy atom. The number of rotatable bonds is 6. The van der Waals surface area contributed by atoms with Gasteiger partial charge in [-0.2, -0.15) is 0 Å². The monoisotopic (exact) mass is 341 g/mol. The number of ether oxygens (including phenoxy) is 1. The molecule has 0 saturated carbocycles. The standard InChI is InChI=1S/C19H23N3O3/c1-2-3-12-25-18(24)13-8-10-14(11-9-13)20-19-21-16-7-5-4-6-15(16)17(23)22-19/h8-11H,2-7,12H2,1H3,(H2,20,21,22,23). The predicted molar refractivity (Wildman–Crippen MR) is 96.4 cm³/mol. The number of benzene rings is 1. The molecule has 0 fully saturated rings. The number of unbranched alkanes of at least 4 members (excludes halogenated alkanes) is 1. The zero-order chi connectivity index (χ0) is 17.6. The number of fused-ring (bicyclic) bond motifs is 1. The van der Waals surface area contributed by atoms with E-state index in [0.717, 1.165) is 55.5 Å². The van der Waals surface area contributed by atoms with Gasteiger partial charge in [0, 0.05) is 11.3 Å². The van der Waals surface area contributed by atoms with Crippen molar-refractivity contribution in [3.05, 3.63) is 51.4 Å². The van der Waals surface area contributed by atoms with Crippen LogP contribution >= 0.6 is 0 Å². The first-order chi connectivity index (χ1) is 12.2. The number of H-pyrrole nitrogens is 1. The second-order valence-corrected chi connectivity index (χ2v) is 6.24. The average molecular weight is 341 g/mol. The van der Waals surface area contributed by atoms with Gasteiger partial charge in [-0.1, -0.05) is 13.3 Å². The molecule has 1 aromatic heterocycles. The molecule has 3 rings (SSSR count). The highest BCUT2D eigenvalue weighted by Crippen LogP contribution is 2.19. The molecule has 0 spiro atoms. The summed E-state index contributed by atoms with van der Waals surface area (Å²) < 4.78 is 5.19.